The van der Waals surface area contributed by atoms with Gasteiger partial charge in [-0.25, -0.2) is 19.3 Å². The Balaban J connectivity index is 1.79. The minimum atomic E-state index is -0.257. The van der Waals surface area contributed by atoms with Crippen molar-refractivity contribution in [2.45, 2.75) is 10.8 Å². The topological polar surface area (TPSA) is 63.0 Å². The van der Waals surface area contributed by atoms with Crippen molar-refractivity contribution >= 4 is 40.0 Å². The van der Waals surface area contributed by atoms with Crippen molar-refractivity contribution in [2.24, 2.45) is 0 Å². The Morgan fingerprint density at radius 1 is 1.13 bits per heavy atom. The van der Waals surface area contributed by atoms with Gasteiger partial charge in [0.05, 0.1) is 11.0 Å². The monoisotopic (exact) mass is 342 g/mol. The highest BCUT2D eigenvalue weighted by molar-refractivity contribution is 7.98. The van der Waals surface area contributed by atoms with E-state index in [4.69, 9.17) is 11.6 Å². The van der Waals surface area contributed by atoms with Gasteiger partial charge in [0.15, 0.2) is 5.65 Å². The lowest BCUT2D eigenvalue weighted by Gasteiger charge is -2.06. The number of rotatable bonds is 3. The molecule has 114 valence electrons. The van der Waals surface area contributed by atoms with E-state index in [2.05, 4.69) is 15.2 Å². The van der Waals surface area contributed by atoms with Gasteiger partial charge in [-0.15, -0.1) is 5.10 Å². The second-order valence-corrected chi connectivity index (χ2v) is 6.41. The summed E-state index contributed by atoms with van der Waals surface area (Å²) in [7, 11) is 0. The number of hydrogen-bond acceptors (Lipinski definition) is 4. The Bertz CT molecular complexity index is 1060. The molecule has 0 amide bonds. The zero-order valence-electron chi connectivity index (χ0n) is 11.9. The van der Waals surface area contributed by atoms with Crippen molar-refractivity contribution in [3.63, 3.8) is 0 Å². The highest BCUT2D eigenvalue weighted by Crippen LogP contribution is 2.26. The number of nitrogens with zero attached hydrogens (tertiary/aromatic N) is 3. The van der Waals surface area contributed by atoms with E-state index >= 15 is 0 Å². The van der Waals surface area contributed by atoms with E-state index < -0.39 is 0 Å². The molecule has 0 bridgehead atoms. The fraction of sp³-hybridized carbons (Fsp3) is 0.0625. The molecule has 0 aliphatic carbocycles. The molecule has 0 aliphatic rings. The van der Waals surface area contributed by atoms with E-state index in [-0.39, 0.29) is 5.69 Å². The number of thioether (sulfide) groups is 1. The molecule has 0 spiro atoms. The molecule has 7 heteroatoms. The number of aromatic amines is 1. The number of aromatic nitrogens is 4. The number of H-pyrrole nitrogens is 1. The molecule has 4 rings (SSSR count). The van der Waals surface area contributed by atoms with Crippen LogP contribution in [0.25, 0.3) is 16.7 Å². The standard InChI is InChI=1S/C16H11ClN4OS/c17-11-7-5-10(6-8-11)9-23-15-14-19-20-16(22)21(14)13-4-2-1-3-12(13)18-15/h1-8H,9H2,(H,20,22). The average molecular weight is 343 g/mol. The van der Waals surface area contributed by atoms with Crippen molar-refractivity contribution in [3.8, 4) is 0 Å². The van der Waals surface area contributed by atoms with Gasteiger partial charge in [0.2, 0.25) is 0 Å². The first-order valence-electron chi connectivity index (χ1n) is 6.95. The van der Waals surface area contributed by atoms with Gasteiger partial charge in [-0.1, -0.05) is 47.6 Å². The molecule has 0 atom stereocenters. The van der Waals surface area contributed by atoms with Gasteiger partial charge < -0.3 is 0 Å². The summed E-state index contributed by atoms with van der Waals surface area (Å²) in [6.07, 6.45) is 0. The molecule has 2 aromatic carbocycles. The van der Waals surface area contributed by atoms with E-state index in [1.807, 2.05) is 48.5 Å². The maximum absolute atomic E-state index is 12.0. The molecule has 0 aliphatic heterocycles. The predicted molar refractivity (Wildman–Crippen MR) is 92.1 cm³/mol. The summed E-state index contributed by atoms with van der Waals surface area (Å²) >= 11 is 7.44. The van der Waals surface area contributed by atoms with Crippen LogP contribution in [0.2, 0.25) is 5.02 Å². The summed E-state index contributed by atoms with van der Waals surface area (Å²) < 4.78 is 1.56. The van der Waals surface area contributed by atoms with E-state index in [1.165, 1.54) is 0 Å². The lowest BCUT2D eigenvalue weighted by Crippen LogP contribution is -2.10. The molecule has 2 aromatic heterocycles. The molecule has 2 heterocycles. The Kier molecular flexibility index (Phi) is 3.55. The quantitative estimate of drug-likeness (QED) is 0.579. The van der Waals surface area contributed by atoms with E-state index in [0.29, 0.717) is 10.7 Å². The minimum Gasteiger partial charge on any atom is -0.246 e. The molecular formula is C16H11ClN4OS. The van der Waals surface area contributed by atoms with Gasteiger partial charge in [0.1, 0.15) is 5.03 Å². The zero-order valence-corrected chi connectivity index (χ0v) is 13.4. The van der Waals surface area contributed by atoms with Gasteiger partial charge in [0.25, 0.3) is 0 Å². The highest BCUT2D eigenvalue weighted by Gasteiger charge is 2.12. The van der Waals surface area contributed by atoms with E-state index in [9.17, 15) is 4.79 Å². The zero-order chi connectivity index (χ0) is 15.8. The summed E-state index contributed by atoms with van der Waals surface area (Å²) in [6, 6.07) is 15.2. The molecule has 5 nitrogen and oxygen atoms in total. The number of halogens is 1. The first kappa shape index (κ1) is 14.3. The largest absolute Gasteiger partial charge is 0.348 e. The molecule has 0 saturated heterocycles. The van der Waals surface area contributed by atoms with Crippen LogP contribution in [0.15, 0.2) is 58.4 Å². The maximum Gasteiger partial charge on any atom is 0.348 e. The molecular weight excluding hydrogens is 332 g/mol. The fourth-order valence-electron chi connectivity index (χ4n) is 2.40. The first-order chi connectivity index (χ1) is 11.2. The lowest BCUT2D eigenvalue weighted by atomic mass is 10.2. The maximum atomic E-state index is 12.0. The van der Waals surface area contributed by atoms with Gasteiger partial charge in [-0.3, -0.25) is 0 Å². The lowest BCUT2D eigenvalue weighted by molar-refractivity contribution is 1.04. The van der Waals surface area contributed by atoms with Crippen LogP contribution in [-0.2, 0) is 5.75 Å². The van der Waals surface area contributed by atoms with Crippen molar-refractivity contribution in [1.82, 2.24) is 19.6 Å². The Hall–Kier alpha value is -2.31. The Morgan fingerprint density at radius 2 is 1.91 bits per heavy atom. The molecule has 4 aromatic rings. The van der Waals surface area contributed by atoms with Gasteiger partial charge >= 0.3 is 5.69 Å². The van der Waals surface area contributed by atoms with Crippen LogP contribution in [0.1, 0.15) is 5.56 Å². The third kappa shape index (κ3) is 2.60. The number of hydrogen-bond donors (Lipinski definition) is 1. The molecule has 23 heavy (non-hydrogen) atoms. The first-order valence-corrected chi connectivity index (χ1v) is 8.32. The summed E-state index contributed by atoms with van der Waals surface area (Å²) in [5.74, 6) is 0.721. The third-order valence-corrected chi connectivity index (χ3v) is 4.77. The summed E-state index contributed by atoms with van der Waals surface area (Å²) in [5.41, 5.74) is 2.93. The van der Waals surface area contributed by atoms with E-state index in [1.54, 1.807) is 16.2 Å². The molecule has 0 radical (unpaired) electrons. The second kappa shape index (κ2) is 5.72. The predicted octanol–water partition coefficient (Wildman–Crippen LogP) is 3.52. The number of nitrogens with one attached hydrogen (secondary N) is 1. The second-order valence-electron chi connectivity index (χ2n) is 5.01. The van der Waals surface area contributed by atoms with Crippen LogP contribution in [-0.4, -0.2) is 19.6 Å². The van der Waals surface area contributed by atoms with Crippen LogP contribution in [0.5, 0.6) is 0 Å². The number of para-hydroxylation sites is 2. The van der Waals surface area contributed by atoms with Crippen LogP contribution in [0.3, 0.4) is 0 Å². The van der Waals surface area contributed by atoms with Crippen molar-refractivity contribution < 1.29 is 0 Å². The van der Waals surface area contributed by atoms with Gasteiger partial charge in [-0.05, 0) is 29.8 Å². The van der Waals surface area contributed by atoms with Crippen molar-refractivity contribution in [3.05, 3.63) is 69.6 Å². The van der Waals surface area contributed by atoms with Crippen LogP contribution in [0.4, 0.5) is 0 Å². The molecule has 0 fully saturated rings. The average Bonchev–Trinajstić information content (AvgIpc) is 2.97. The number of benzene rings is 2. The fourth-order valence-corrected chi connectivity index (χ4v) is 3.45. The summed E-state index contributed by atoms with van der Waals surface area (Å²) in [6.45, 7) is 0. The van der Waals surface area contributed by atoms with Gasteiger partial charge in [-0.2, -0.15) is 0 Å². The van der Waals surface area contributed by atoms with Crippen LogP contribution in [0, 0.1) is 0 Å². The highest BCUT2D eigenvalue weighted by atomic mass is 35.5. The Labute approximate surface area is 140 Å². The van der Waals surface area contributed by atoms with Crippen LogP contribution >= 0.6 is 23.4 Å². The van der Waals surface area contributed by atoms with Crippen molar-refractivity contribution in [1.29, 1.82) is 0 Å². The third-order valence-electron chi connectivity index (χ3n) is 3.50. The normalized spacial score (nSPS) is 11.3. The minimum absolute atomic E-state index is 0.257. The smallest absolute Gasteiger partial charge is 0.246 e. The van der Waals surface area contributed by atoms with Gasteiger partial charge in [0, 0.05) is 10.8 Å². The SMILES string of the molecule is O=c1[nH]nc2c(SCc3ccc(Cl)cc3)nc3ccccc3n12. The summed E-state index contributed by atoms with van der Waals surface area (Å²) in [4.78, 5) is 16.7. The van der Waals surface area contributed by atoms with Crippen molar-refractivity contribution in [2.75, 3.05) is 0 Å². The molecule has 0 unspecified atom stereocenters. The van der Waals surface area contributed by atoms with Crippen LogP contribution < -0.4 is 5.69 Å². The Morgan fingerprint density at radius 3 is 2.74 bits per heavy atom. The van der Waals surface area contributed by atoms with E-state index in [0.717, 1.165) is 27.4 Å². The molecule has 1 N–H and O–H groups in total. The summed E-state index contributed by atoms with van der Waals surface area (Å²) in [5, 5.41) is 8.05. The molecule has 0 saturated carbocycles. The number of fused-ring (bicyclic) bond motifs is 3.